The van der Waals surface area contributed by atoms with E-state index in [0.717, 1.165) is 38.8 Å². The van der Waals surface area contributed by atoms with E-state index in [1.54, 1.807) is 0 Å². The third-order valence-corrected chi connectivity index (χ3v) is 6.12. The molecule has 0 spiro atoms. The lowest BCUT2D eigenvalue weighted by atomic mass is 10.1. The number of hydrogen-bond donors (Lipinski definition) is 0. The van der Waals surface area contributed by atoms with Gasteiger partial charge in [0.25, 0.3) is 0 Å². The number of hydrogen-bond acceptors (Lipinski definition) is 6. The fourth-order valence-corrected chi connectivity index (χ4v) is 4.50. The first kappa shape index (κ1) is 13.9. The van der Waals surface area contributed by atoms with Gasteiger partial charge in [-0.3, -0.25) is 4.90 Å². The van der Waals surface area contributed by atoms with E-state index in [0.29, 0.717) is 0 Å². The zero-order valence-electron chi connectivity index (χ0n) is 12.8. The number of fused-ring (bicyclic) bond motifs is 1. The van der Waals surface area contributed by atoms with Crippen LogP contribution in [-0.2, 0) is 17.8 Å². The molecular weight excluding hydrogens is 284 g/mol. The molecule has 5 nitrogen and oxygen atoms in total. The average molecular weight is 308 g/mol. The van der Waals surface area contributed by atoms with Crippen LogP contribution in [0.25, 0.3) is 0 Å². The molecule has 116 valence electrons. The van der Waals surface area contributed by atoms with Crippen molar-refractivity contribution in [3.8, 4) is 0 Å². The Morgan fingerprint density at radius 3 is 2.76 bits per heavy atom. The molecule has 0 bridgehead atoms. The molecule has 0 unspecified atom stereocenters. The van der Waals surface area contributed by atoms with Crippen molar-refractivity contribution in [2.45, 2.75) is 26.0 Å². The number of thiazole rings is 1. The van der Waals surface area contributed by atoms with Gasteiger partial charge in [0.1, 0.15) is 0 Å². The van der Waals surface area contributed by atoms with E-state index in [1.165, 1.54) is 48.4 Å². The van der Waals surface area contributed by atoms with E-state index < -0.39 is 0 Å². The predicted molar refractivity (Wildman–Crippen MR) is 85.2 cm³/mol. The maximum atomic E-state index is 5.52. The van der Waals surface area contributed by atoms with Gasteiger partial charge >= 0.3 is 0 Å². The molecule has 6 heteroatoms. The smallest absolute Gasteiger partial charge is 0.185 e. The highest BCUT2D eigenvalue weighted by atomic mass is 32.1. The van der Waals surface area contributed by atoms with E-state index in [4.69, 9.17) is 9.72 Å². The Balaban J connectivity index is 1.32. The number of rotatable bonds is 3. The summed E-state index contributed by atoms with van der Waals surface area (Å²) in [7, 11) is 0. The highest BCUT2D eigenvalue weighted by molar-refractivity contribution is 7.15. The first-order valence-electron chi connectivity index (χ1n) is 8.11. The third-order valence-electron chi connectivity index (χ3n) is 4.99. The van der Waals surface area contributed by atoms with Crippen molar-refractivity contribution >= 4 is 16.5 Å². The first-order valence-corrected chi connectivity index (χ1v) is 8.93. The van der Waals surface area contributed by atoms with E-state index in [9.17, 15) is 0 Å². The van der Waals surface area contributed by atoms with Crippen molar-refractivity contribution < 1.29 is 4.74 Å². The second-order valence-corrected chi connectivity index (χ2v) is 7.26. The monoisotopic (exact) mass is 308 g/mol. The van der Waals surface area contributed by atoms with E-state index in [1.807, 2.05) is 11.3 Å². The van der Waals surface area contributed by atoms with Gasteiger partial charge in [0.15, 0.2) is 5.13 Å². The van der Waals surface area contributed by atoms with E-state index >= 15 is 0 Å². The van der Waals surface area contributed by atoms with Crippen LogP contribution in [0.3, 0.4) is 0 Å². The molecule has 0 amide bonds. The second-order valence-electron chi connectivity index (χ2n) is 6.20. The van der Waals surface area contributed by atoms with Crippen molar-refractivity contribution in [3.63, 3.8) is 0 Å². The highest BCUT2D eigenvalue weighted by Gasteiger charge is 2.35. The zero-order chi connectivity index (χ0) is 14.2. The molecular formula is C15H24N4OS. The largest absolute Gasteiger partial charge is 0.375 e. The first-order chi connectivity index (χ1) is 10.3. The lowest BCUT2D eigenvalue weighted by molar-refractivity contribution is 0.0861. The minimum atomic E-state index is 0.737. The Morgan fingerprint density at radius 2 is 2.05 bits per heavy atom. The number of anilines is 1. The molecule has 0 aliphatic carbocycles. The molecule has 0 aromatic carbocycles. The van der Waals surface area contributed by atoms with Crippen molar-refractivity contribution in [2.75, 3.05) is 57.3 Å². The molecule has 0 atom stereocenters. The summed E-state index contributed by atoms with van der Waals surface area (Å²) in [6.45, 7) is 12.3. The van der Waals surface area contributed by atoms with Crippen molar-refractivity contribution in [1.29, 1.82) is 0 Å². The SMILES string of the molecule is CCN1CCN(C2CN(c3nc4c(s3)COCC4)C2)CC1. The maximum Gasteiger partial charge on any atom is 0.185 e. The molecule has 2 fully saturated rings. The molecule has 3 aliphatic rings. The molecule has 2 saturated heterocycles. The van der Waals surface area contributed by atoms with Gasteiger partial charge in [-0.05, 0) is 6.54 Å². The fourth-order valence-electron chi connectivity index (χ4n) is 3.43. The number of likely N-dealkylation sites (N-methyl/N-ethyl adjacent to an activating group) is 1. The van der Waals surface area contributed by atoms with Crippen LogP contribution in [0.2, 0.25) is 0 Å². The summed E-state index contributed by atoms with van der Waals surface area (Å²) in [6, 6.07) is 0.737. The van der Waals surface area contributed by atoms with Crippen LogP contribution >= 0.6 is 11.3 Å². The van der Waals surface area contributed by atoms with Gasteiger partial charge in [0.05, 0.1) is 23.8 Å². The summed E-state index contributed by atoms with van der Waals surface area (Å²) in [6.07, 6.45) is 0.988. The van der Waals surface area contributed by atoms with Gasteiger partial charge in [0, 0.05) is 51.7 Å². The Morgan fingerprint density at radius 1 is 1.24 bits per heavy atom. The molecule has 1 aromatic rings. The Hall–Kier alpha value is -0.690. The average Bonchev–Trinajstić information content (AvgIpc) is 2.90. The lowest BCUT2D eigenvalue weighted by Crippen LogP contribution is -2.63. The number of piperazine rings is 1. The molecule has 3 aliphatic heterocycles. The Kier molecular flexibility index (Phi) is 3.87. The lowest BCUT2D eigenvalue weighted by Gasteiger charge is -2.48. The van der Waals surface area contributed by atoms with Gasteiger partial charge in [-0.2, -0.15) is 0 Å². The minimum Gasteiger partial charge on any atom is -0.375 e. The number of ether oxygens (including phenoxy) is 1. The van der Waals surface area contributed by atoms with Crippen molar-refractivity contribution in [1.82, 2.24) is 14.8 Å². The topological polar surface area (TPSA) is 31.8 Å². The zero-order valence-corrected chi connectivity index (χ0v) is 13.6. The van der Waals surface area contributed by atoms with Crippen molar-refractivity contribution in [2.24, 2.45) is 0 Å². The van der Waals surface area contributed by atoms with Crippen molar-refractivity contribution in [3.05, 3.63) is 10.6 Å². The summed E-state index contributed by atoms with van der Waals surface area (Å²) in [4.78, 5) is 13.8. The summed E-state index contributed by atoms with van der Waals surface area (Å²) >= 11 is 1.84. The fraction of sp³-hybridized carbons (Fsp3) is 0.800. The standard InChI is InChI=1S/C15H24N4OS/c1-2-17-4-6-18(7-5-17)12-9-19(10-12)15-16-13-3-8-20-11-14(13)21-15/h12H,2-11H2,1H3. The van der Waals surface area contributed by atoms with Crippen LogP contribution in [0.1, 0.15) is 17.5 Å². The van der Waals surface area contributed by atoms with E-state index in [-0.39, 0.29) is 0 Å². The number of aromatic nitrogens is 1. The minimum absolute atomic E-state index is 0.737. The summed E-state index contributed by atoms with van der Waals surface area (Å²) in [5.74, 6) is 0. The molecule has 4 heterocycles. The van der Waals surface area contributed by atoms with Gasteiger partial charge in [-0.15, -0.1) is 0 Å². The van der Waals surface area contributed by atoms with Crippen LogP contribution in [0.15, 0.2) is 0 Å². The molecule has 0 saturated carbocycles. The Bertz CT molecular complexity index is 468. The normalized spacial score (nSPS) is 24.9. The molecule has 21 heavy (non-hydrogen) atoms. The highest BCUT2D eigenvalue weighted by Crippen LogP contribution is 2.33. The second kappa shape index (κ2) is 5.83. The van der Waals surface area contributed by atoms with Gasteiger partial charge < -0.3 is 14.5 Å². The molecule has 0 radical (unpaired) electrons. The van der Waals surface area contributed by atoms with E-state index in [2.05, 4.69) is 21.6 Å². The quantitative estimate of drug-likeness (QED) is 0.833. The molecule has 0 N–H and O–H groups in total. The maximum absolute atomic E-state index is 5.52. The van der Waals surface area contributed by atoms with Crippen LogP contribution < -0.4 is 4.90 Å². The van der Waals surface area contributed by atoms with Crippen LogP contribution in [0.4, 0.5) is 5.13 Å². The summed E-state index contributed by atoms with van der Waals surface area (Å²) in [5, 5.41) is 1.22. The molecule has 4 rings (SSSR count). The third kappa shape index (κ3) is 2.70. The van der Waals surface area contributed by atoms with Gasteiger partial charge in [-0.1, -0.05) is 18.3 Å². The summed E-state index contributed by atoms with van der Waals surface area (Å²) < 4.78 is 5.52. The van der Waals surface area contributed by atoms with Crippen LogP contribution in [-0.4, -0.2) is 73.2 Å². The van der Waals surface area contributed by atoms with Gasteiger partial charge in [0.2, 0.25) is 0 Å². The van der Waals surface area contributed by atoms with Crippen LogP contribution in [0, 0.1) is 0 Å². The summed E-state index contributed by atoms with van der Waals surface area (Å²) in [5.41, 5.74) is 1.28. The number of nitrogens with zero attached hydrogens (tertiary/aromatic N) is 4. The Labute approximate surface area is 130 Å². The van der Waals surface area contributed by atoms with Gasteiger partial charge in [-0.25, -0.2) is 4.98 Å². The molecule has 1 aromatic heterocycles. The predicted octanol–water partition coefficient (Wildman–Crippen LogP) is 1.04. The van der Waals surface area contributed by atoms with Crippen LogP contribution in [0.5, 0.6) is 0 Å².